The van der Waals surface area contributed by atoms with Crippen molar-refractivity contribution in [2.24, 2.45) is 0 Å². The van der Waals surface area contributed by atoms with Crippen molar-refractivity contribution in [1.82, 2.24) is 19.2 Å². The van der Waals surface area contributed by atoms with E-state index in [0.717, 1.165) is 11.2 Å². The number of hydrogen-bond donors (Lipinski definition) is 0. The van der Waals surface area contributed by atoms with Crippen LogP contribution < -0.4 is 4.57 Å². The summed E-state index contributed by atoms with van der Waals surface area (Å²) in [4.78, 5) is 25.4. The molecule has 2 aromatic rings. The number of imidazole rings is 1. The van der Waals surface area contributed by atoms with Crippen molar-refractivity contribution in [2.75, 3.05) is 4.57 Å². The van der Waals surface area contributed by atoms with E-state index in [9.17, 15) is 4.79 Å². The normalized spacial score (nSPS) is 12.7. The van der Waals surface area contributed by atoms with Crippen LogP contribution in [0, 0.1) is 0 Å². The summed E-state index contributed by atoms with van der Waals surface area (Å²) < 4.78 is 3.91. The Morgan fingerprint density at radius 1 is 1.14 bits per heavy atom. The van der Waals surface area contributed by atoms with Crippen molar-refractivity contribution in [3.05, 3.63) is 12.5 Å². The summed E-state index contributed by atoms with van der Waals surface area (Å²) in [6.07, 6.45) is 3.55. The number of nitrogens with zero attached hydrogens (tertiary/aromatic N) is 5. The molecule has 1 amide bonds. The Hall–Kier alpha value is -1.55. The highest BCUT2D eigenvalue weighted by Gasteiger charge is 2.31. The van der Waals surface area contributed by atoms with Gasteiger partial charge in [-0.3, -0.25) is 4.79 Å². The molecule has 0 saturated carbocycles. The molecule has 6 nitrogen and oxygen atoms in total. The highest BCUT2D eigenvalue weighted by molar-refractivity contribution is 6.82. The maximum atomic E-state index is 12.0. The fraction of sp³-hybridized carbons (Fsp3) is 0.538. The first-order valence-electron chi connectivity index (χ1n) is 7.03. The zero-order chi connectivity index (χ0) is 16.0. The molecule has 0 aliphatic rings. The number of fused-ring (bicyclic) bond motifs is 1. The average molecular weight is 322 g/mol. The molecule has 2 rings (SSSR count). The second-order valence-corrected chi connectivity index (χ2v) is 16.8. The van der Waals surface area contributed by atoms with Gasteiger partial charge >= 0.3 is 0 Å². The van der Waals surface area contributed by atoms with Crippen LogP contribution in [-0.4, -0.2) is 41.6 Å². The molecular weight excluding hydrogens is 298 g/mol. The van der Waals surface area contributed by atoms with Crippen molar-refractivity contribution >= 4 is 39.5 Å². The van der Waals surface area contributed by atoms with Crippen molar-refractivity contribution in [3.8, 4) is 0 Å². The van der Waals surface area contributed by atoms with Crippen molar-refractivity contribution in [3.63, 3.8) is 0 Å². The first-order chi connectivity index (χ1) is 9.51. The quantitative estimate of drug-likeness (QED) is 0.815. The van der Waals surface area contributed by atoms with E-state index in [4.69, 9.17) is 0 Å². The molecule has 2 heterocycles. The first-order valence-corrected chi connectivity index (χ1v) is 13.9. The smallest absolute Gasteiger partial charge is 0.225 e. The van der Waals surface area contributed by atoms with E-state index in [2.05, 4.69) is 58.5 Å². The molecule has 0 bridgehead atoms. The third kappa shape index (κ3) is 3.05. The van der Waals surface area contributed by atoms with E-state index >= 15 is 0 Å². The van der Waals surface area contributed by atoms with Gasteiger partial charge in [-0.15, -0.1) is 0 Å². The molecule has 0 spiro atoms. The van der Waals surface area contributed by atoms with Crippen LogP contribution in [0.15, 0.2) is 12.5 Å². The van der Waals surface area contributed by atoms with Gasteiger partial charge in [-0.25, -0.2) is 9.97 Å². The van der Waals surface area contributed by atoms with Gasteiger partial charge in [0.05, 0.1) is 12.5 Å². The molecule has 0 atom stereocenters. The lowest BCUT2D eigenvalue weighted by atomic mass is 10.5. The van der Waals surface area contributed by atoms with Crippen molar-refractivity contribution in [2.45, 2.75) is 46.2 Å². The second-order valence-electron chi connectivity index (χ2n) is 7.19. The Kier molecular flexibility index (Phi) is 3.79. The van der Waals surface area contributed by atoms with Gasteiger partial charge in [0.1, 0.15) is 5.52 Å². The zero-order valence-corrected chi connectivity index (χ0v) is 15.8. The summed E-state index contributed by atoms with van der Waals surface area (Å²) in [6, 6.07) is 0. The predicted molar refractivity (Wildman–Crippen MR) is 90.6 cm³/mol. The summed E-state index contributed by atoms with van der Waals surface area (Å²) in [5.41, 5.74) is 1.60. The minimum Gasteiger partial charge on any atom is -0.344 e. The van der Waals surface area contributed by atoms with E-state index in [1.165, 1.54) is 0 Å². The SMILES string of the molecule is CC(=O)N(c1ncc2ncn([Si](C)(C)C)c2n1)[Si](C)(C)C. The molecule has 0 saturated heterocycles. The molecule has 0 aliphatic carbocycles. The van der Waals surface area contributed by atoms with E-state index in [1.54, 1.807) is 17.7 Å². The molecule has 0 unspecified atom stereocenters. The van der Waals surface area contributed by atoms with Gasteiger partial charge in [0.2, 0.25) is 11.9 Å². The van der Waals surface area contributed by atoms with Gasteiger partial charge in [-0.05, 0) is 0 Å². The zero-order valence-electron chi connectivity index (χ0n) is 13.8. The third-order valence-corrected chi connectivity index (χ3v) is 6.82. The number of carbonyl (C=O) groups excluding carboxylic acids is 1. The summed E-state index contributed by atoms with van der Waals surface area (Å²) in [5.74, 6) is 0.488. The van der Waals surface area contributed by atoms with Crippen LogP contribution >= 0.6 is 0 Å². The van der Waals surface area contributed by atoms with Crippen LogP contribution in [0.25, 0.3) is 11.2 Å². The summed E-state index contributed by atoms with van der Waals surface area (Å²) in [6.45, 7) is 14.6. The molecule has 0 aliphatic heterocycles. The number of aromatic nitrogens is 4. The molecule has 114 valence electrons. The van der Waals surface area contributed by atoms with E-state index in [-0.39, 0.29) is 5.91 Å². The third-order valence-electron chi connectivity index (χ3n) is 3.19. The number of carbonyl (C=O) groups is 1. The topological polar surface area (TPSA) is 63.9 Å². The standard InChI is InChI=1S/C13H23N5OSi2/c1-10(19)18(21(5,6)7)13-14-8-11-12(16-13)17(9-15-11)20(2,3)4/h8-9H,1-7H3. The summed E-state index contributed by atoms with van der Waals surface area (Å²) in [7, 11) is -3.48. The number of rotatable bonds is 3. The molecule has 21 heavy (non-hydrogen) atoms. The Labute approximate surface area is 127 Å². The maximum absolute atomic E-state index is 12.0. The number of hydrogen-bond acceptors (Lipinski definition) is 4. The van der Waals surface area contributed by atoms with Crippen LogP contribution in [0.4, 0.5) is 5.95 Å². The monoisotopic (exact) mass is 321 g/mol. The van der Waals surface area contributed by atoms with E-state index in [1.807, 2.05) is 6.33 Å². The first kappa shape index (κ1) is 15.8. The molecule has 0 radical (unpaired) electrons. The number of anilines is 1. The fourth-order valence-electron chi connectivity index (χ4n) is 2.31. The minimum atomic E-state index is -1.88. The Bertz CT molecular complexity index is 684. The summed E-state index contributed by atoms with van der Waals surface area (Å²) >= 11 is 0. The molecule has 0 fully saturated rings. The molecule has 2 aromatic heterocycles. The molecule has 0 N–H and O–H groups in total. The lowest BCUT2D eigenvalue weighted by molar-refractivity contribution is -0.115. The maximum Gasteiger partial charge on any atom is 0.225 e. The van der Waals surface area contributed by atoms with Crippen LogP contribution in [0.1, 0.15) is 6.92 Å². The van der Waals surface area contributed by atoms with Gasteiger partial charge in [0.15, 0.2) is 22.1 Å². The van der Waals surface area contributed by atoms with Gasteiger partial charge in [-0.1, -0.05) is 39.3 Å². The van der Waals surface area contributed by atoms with E-state index in [0.29, 0.717) is 5.95 Å². The van der Waals surface area contributed by atoms with Crippen LogP contribution in [0.2, 0.25) is 39.3 Å². The Morgan fingerprint density at radius 2 is 1.76 bits per heavy atom. The van der Waals surface area contributed by atoms with Gasteiger partial charge in [0, 0.05) is 6.92 Å². The molecule has 8 heteroatoms. The molecular formula is C13H23N5OSi2. The van der Waals surface area contributed by atoms with Crippen LogP contribution in [0.3, 0.4) is 0 Å². The largest absolute Gasteiger partial charge is 0.344 e. The lowest BCUT2D eigenvalue weighted by Crippen LogP contribution is -2.50. The second kappa shape index (κ2) is 5.02. The molecule has 0 aromatic carbocycles. The summed E-state index contributed by atoms with van der Waals surface area (Å²) in [5, 5.41) is 0. The lowest BCUT2D eigenvalue weighted by Gasteiger charge is -2.31. The average Bonchev–Trinajstić information content (AvgIpc) is 2.68. The van der Waals surface area contributed by atoms with E-state index < -0.39 is 16.5 Å². The highest BCUT2D eigenvalue weighted by Crippen LogP contribution is 2.22. The van der Waals surface area contributed by atoms with Gasteiger partial charge in [-0.2, -0.15) is 4.98 Å². The van der Waals surface area contributed by atoms with Crippen LogP contribution in [-0.2, 0) is 4.79 Å². The fourth-order valence-corrected chi connectivity index (χ4v) is 5.17. The van der Waals surface area contributed by atoms with Crippen molar-refractivity contribution < 1.29 is 4.79 Å². The van der Waals surface area contributed by atoms with Gasteiger partial charge in [0.25, 0.3) is 0 Å². The Balaban J connectivity index is 2.63. The number of amides is 1. The van der Waals surface area contributed by atoms with Gasteiger partial charge < -0.3 is 8.80 Å². The highest BCUT2D eigenvalue weighted by atomic mass is 28.3. The predicted octanol–water partition coefficient (Wildman–Crippen LogP) is 2.70. The van der Waals surface area contributed by atoms with Crippen molar-refractivity contribution in [1.29, 1.82) is 0 Å². The minimum absolute atomic E-state index is 0.00687. The van der Waals surface area contributed by atoms with Crippen LogP contribution in [0.5, 0.6) is 0 Å². The Morgan fingerprint density at radius 3 is 2.24 bits per heavy atom.